The number of anilines is 5. The van der Waals surface area contributed by atoms with Crippen LogP contribution >= 0.6 is 0 Å². The van der Waals surface area contributed by atoms with Crippen molar-refractivity contribution in [2.75, 3.05) is 16.0 Å². The molecule has 170 valence electrons. The van der Waals surface area contributed by atoms with Crippen molar-refractivity contribution in [3.05, 3.63) is 108 Å². The van der Waals surface area contributed by atoms with Gasteiger partial charge in [-0.05, 0) is 60.4 Å². The molecule has 6 rings (SSSR count). The summed E-state index contributed by atoms with van der Waals surface area (Å²) in [4.78, 5) is 26.2. The predicted molar refractivity (Wildman–Crippen MR) is 139 cm³/mol. The van der Waals surface area contributed by atoms with Crippen molar-refractivity contribution < 1.29 is 4.79 Å². The molecule has 3 N–H and O–H groups in total. The first-order chi connectivity index (χ1) is 17.2. The summed E-state index contributed by atoms with van der Waals surface area (Å²) >= 11 is 0. The van der Waals surface area contributed by atoms with Gasteiger partial charge in [0.05, 0.1) is 5.52 Å². The molecule has 5 aromatic rings. The lowest BCUT2D eigenvalue weighted by Gasteiger charge is -2.12. The maximum Gasteiger partial charge on any atom is 0.256 e. The van der Waals surface area contributed by atoms with E-state index in [-0.39, 0.29) is 5.91 Å². The maximum atomic E-state index is 13.0. The maximum absolute atomic E-state index is 13.0. The number of aryl methyl sites for hydroxylation is 2. The minimum atomic E-state index is -0.223. The van der Waals surface area contributed by atoms with Crippen molar-refractivity contribution in [3.63, 3.8) is 0 Å². The largest absolute Gasteiger partial charge is 0.355 e. The van der Waals surface area contributed by atoms with Gasteiger partial charge in [0, 0.05) is 64.6 Å². The van der Waals surface area contributed by atoms with E-state index in [1.54, 1.807) is 18.5 Å². The summed E-state index contributed by atoms with van der Waals surface area (Å²) in [5.74, 6) is 0.274. The molecule has 7 nitrogen and oxygen atoms in total. The number of fused-ring (bicyclic) bond motifs is 3. The van der Waals surface area contributed by atoms with Crippen molar-refractivity contribution >= 4 is 45.4 Å². The first-order valence-electron chi connectivity index (χ1n) is 11.4. The van der Waals surface area contributed by atoms with Gasteiger partial charge < -0.3 is 16.0 Å². The van der Waals surface area contributed by atoms with Crippen molar-refractivity contribution in [2.45, 2.75) is 12.8 Å². The number of hydrogen-bond acceptors (Lipinski definition) is 6. The van der Waals surface area contributed by atoms with Gasteiger partial charge in [-0.15, -0.1) is 0 Å². The highest BCUT2D eigenvalue weighted by molar-refractivity contribution is 6.05. The lowest BCUT2D eigenvalue weighted by molar-refractivity contribution is 0.102. The summed E-state index contributed by atoms with van der Waals surface area (Å²) in [5.41, 5.74) is 7.45. The summed E-state index contributed by atoms with van der Waals surface area (Å²) in [6, 6.07) is 21.1. The molecule has 1 amide bonds. The highest BCUT2D eigenvalue weighted by Gasteiger charge is 2.15. The number of aromatic nitrogens is 3. The van der Waals surface area contributed by atoms with Gasteiger partial charge in [0.15, 0.2) is 0 Å². The van der Waals surface area contributed by atoms with Crippen LogP contribution in [0.4, 0.5) is 28.6 Å². The summed E-state index contributed by atoms with van der Waals surface area (Å²) < 4.78 is 0. The van der Waals surface area contributed by atoms with E-state index in [1.165, 1.54) is 5.56 Å². The second-order valence-electron chi connectivity index (χ2n) is 8.42. The van der Waals surface area contributed by atoms with Crippen LogP contribution in [0.15, 0.2) is 91.5 Å². The summed E-state index contributed by atoms with van der Waals surface area (Å²) in [6.07, 6.45) is 9.01. The van der Waals surface area contributed by atoms with Gasteiger partial charge in [0.25, 0.3) is 5.91 Å². The minimum absolute atomic E-state index is 0.223. The van der Waals surface area contributed by atoms with Crippen molar-refractivity contribution in [3.8, 4) is 0 Å². The van der Waals surface area contributed by atoms with Crippen molar-refractivity contribution in [1.29, 1.82) is 0 Å². The Hall–Kier alpha value is -4.78. The average molecular weight is 459 g/mol. The number of carbonyl (C=O) groups excluding carboxylic acids is 1. The van der Waals surface area contributed by atoms with Crippen LogP contribution in [0.25, 0.3) is 10.9 Å². The van der Waals surface area contributed by atoms with E-state index in [0.29, 0.717) is 11.4 Å². The van der Waals surface area contributed by atoms with Gasteiger partial charge in [-0.25, -0.2) is 4.98 Å². The molecule has 0 fully saturated rings. The third-order valence-corrected chi connectivity index (χ3v) is 6.12. The Morgan fingerprint density at radius 1 is 0.829 bits per heavy atom. The minimum Gasteiger partial charge on any atom is -0.355 e. The standard InChI is InChI=1S/C28H22N6O/c35-28(34-27-15-26-20(17-31-27)9-8-19-16-29-12-10-23(19)33-26)18-4-3-5-21(14-18)32-25-11-13-30-24-7-2-1-6-22(24)25/h1-7,10-17,33H,8-9H2,(H,30,32)(H,31,34,35). The van der Waals surface area contributed by atoms with Crippen molar-refractivity contribution in [1.82, 2.24) is 15.0 Å². The fraction of sp³-hybridized carbons (Fsp3) is 0.0714. The van der Waals surface area contributed by atoms with E-state index in [4.69, 9.17) is 0 Å². The molecule has 0 unspecified atom stereocenters. The molecule has 4 heterocycles. The number of hydrogen-bond donors (Lipinski definition) is 3. The smallest absolute Gasteiger partial charge is 0.256 e. The van der Waals surface area contributed by atoms with E-state index in [9.17, 15) is 4.79 Å². The van der Waals surface area contributed by atoms with Crippen LogP contribution in [0, 0.1) is 0 Å². The van der Waals surface area contributed by atoms with Gasteiger partial charge in [-0.3, -0.25) is 14.8 Å². The number of carbonyl (C=O) groups is 1. The number of pyridine rings is 3. The lowest BCUT2D eigenvalue weighted by atomic mass is 10.1. The number of nitrogens with zero attached hydrogens (tertiary/aromatic N) is 3. The zero-order chi connectivity index (χ0) is 23.6. The monoisotopic (exact) mass is 458 g/mol. The summed E-state index contributed by atoms with van der Waals surface area (Å²) in [5, 5.41) is 10.8. The number of para-hydroxylation sites is 1. The molecule has 1 aliphatic rings. The number of benzene rings is 2. The van der Waals surface area contributed by atoms with Gasteiger partial charge >= 0.3 is 0 Å². The highest BCUT2D eigenvalue weighted by atomic mass is 16.1. The van der Waals surface area contributed by atoms with Gasteiger partial charge in [-0.1, -0.05) is 24.3 Å². The van der Waals surface area contributed by atoms with Crippen LogP contribution in [0.5, 0.6) is 0 Å². The topological polar surface area (TPSA) is 91.8 Å². The highest BCUT2D eigenvalue weighted by Crippen LogP contribution is 2.30. The van der Waals surface area contributed by atoms with Gasteiger partial charge in [0.1, 0.15) is 5.82 Å². The molecule has 0 bridgehead atoms. The van der Waals surface area contributed by atoms with Crippen LogP contribution < -0.4 is 16.0 Å². The van der Waals surface area contributed by atoms with Gasteiger partial charge in [0.2, 0.25) is 0 Å². The zero-order valence-electron chi connectivity index (χ0n) is 18.8. The van der Waals surface area contributed by atoms with E-state index in [1.807, 2.05) is 73.1 Å². The normalized spacial score (nSPS) is 12.1. The molecule has 0 radical (unpaired) electrons. The quantitative estimate of drug-likeness (QED) is 0.312. The number of rotatable bonds is 4. The summed E-state index contributed by atoms with van der Waals surface area (Å²) in [6.45, 7) is 0. The van der Waals surface area contributed by atoms with E-state index >= 15 is 0 Å². The Bertz CT molecular complexity index is 1560. The number of amides is 1. The Morgan fingerprint density at radius 3 is 2.66 bits per heavy atom. The molecule has 0 saturated carbocycles. The molecule has 35 heavy (non-hydrogen) atoms. The zero-order valence-corrected chi connectivity index (χ0v) is 18.8. The molecular weight excluding hydrogens is 436 g/mol. The first kappa shape index (κ1) is 20.8. The SMILES string of the molecule is O=C(Nc1cc2c(cn1)CCc1cnccc1N2)c1cccc(Nc2ccnc3ccccc23)c1. The van der Waals surface area contributed by atoms with Crippen LogP contribution in [-0.2, 0) is 12.8 Å². The fourth-order valence-corrected chi connectivity index (χ4v) is 4.32. The second-order valence-corrected chi connectivity index (χ2v) is 8.42. The second kappa shape index (κ2) is 8.87. The van der Waals surface area contributed by atoms with Crippen LogP contribution in [0.1, 0.15) is 21.5 Å². The van der Waals surface area contributed by atoms with E-state index in [2.05, 4.69) is 30.9 Å². The molecule has 0 aliphatic carbocycles. The Morgan fingerprint density at radius 2 is 1.71 bits per heavy atom. The van der Waals surface area contributed by atoms with Crippen molar-refractivity contribution in [2.24, 2.45) is 0 Å². The van der Waals surface area contributed by atoms with Crippen LogP contribution in [0.3, 0.4) is 0 Å². The van der Waals surface area contributed by atoms with E-state index < -0.39 is 0 Å². The Kier molecular flexibility index (Phi) is 5.27. The summed E-state index contributed by atoms with van der Waals surface area (Å²) in [7, 11) is 0. The third-order valence-electron chi connectivity index (χ3n) is 6.12. The Balaban J connectivity index is 1.22. The predicted octanol–water partition coefficient (Wildman–Crippen LogP) is 5.86. The van der Waals surface area contributed by atoms with Crippen LogP contribution in [-0.4, -0.2) is 20.9 Å². The molecule has 1 aliphatic heterocycles. The average Bonchev–Trinajstić information content (AvgIpc) is 3.08. The molecule has 0 atom stereocenters. The van der Waals surface area contributed by atoms with Gasteiger partial charge in [-0.2, -0.15) is 0 Å². The molecular formula is C28H22N6O. The molecule has 0 saturated heterocycles. The lowest BCUT2D eigenvalue weighted by Crippen LogP contribution is -2.13. The fourth-order valence-electron chi connectivity index (χ4n) is 4.32. The molecule has 7 heteroatoms. The third kappa shape index (κ3) is 4.27. The molecule has 3 aromatic heterocycles. The molecule has 2 aromatic carbocycles. The first-order valence-corrected chi connectivity index (χ1v) is 11.4. The van der Waals surface area contributed by atoms with E-state index in [0.717, 1.165) is 52.1 Å². The molecule has 0 spiro atoms. The van der Waals surface area contributed by atoms with Crippen LogP contribution in [0.2, 0.25) is 0 Å². The number of nitrogens with one attached hydrogen (secondary N) is 3. The Labute approximate surface area is 202 Å².